The first-order valence-electron chi connectivity index (χ1n) is 7.85. The maximum atomic E-state index is 6.36. The first-order chi connectivity index (χ1) is 9.27. The van der Waals surface area contributed by atoms with Crippen LogP contribution < -0.4 is 10.1 Å². The number of ether oxygens (including phenoxy) is 1. The molecule has 2 aliphatic rings. The van der Waals surface area contributed by atoms with Crippen molar-refractivity contribution in [2.45, 2.75) is 71.4 Å². The van der Waals surface area contributed by atoms with Crippen LogP contribution >= 0.6 is 0 Å². The number of benzene rings is 1. The molecule has 1 heterocycles. The summed E-state index contributed by atoms with van der Waals surface area (Å²) in [6.07, 6.45) is 4.06. The van der Waals surface area contributed by atoms with Crippen molar-refractivity contribution in [3.63, 3.8) is 0 Å². The monoisotopic (exact) mass is 273 g/mol. The van der Waals surface area contributed by atoms with Gasteiger partial charge in [-0.15, -0.1) is 0 Å². The standard InChI is InChI=1S/C18H27NO/c1-17(2,3)12-8-9-15-14(11-12)19-13-7-6-10-18(4,5)16(13)20-15/h8-9,11,13,16,19H,6-7,10H2,1-5H3. The smallest absolute Gasteiger partial charge is 0.142 e. The number of hydrogen-bond donors (Lipinski definition) is 1. The van der Waals surface area contributed by atoms with Gasteiger partial charge in [0, 0.05) is 5.41 Å². The van der Waals surface area contributed by atoms with Crippen LogP contribution in [0.3, 0.4) is 0 Å². The zero-order chi connectivity index (χ0) is 14.5. The molecular weight excluding hydrogens is 246 g/mol. The minimum absolute atomic E-state index is 0.180. The Morgan fingerprint density at radius 1 is 1.25 bits per heavy atom. The number of nitrogens with one attached hydrogen (secondary N) is 1. The van der Waals surface area contributed by atoms with Crippen LogP contribution in [-0.2, 0) is 5.41 Å². The van der Waals surface area contributed by atoms with E-state index in [2.05, 4.69) is 58.1 Å². The van der Waals surface area contributed by atoms with Crippen molar-refractivity contribution >= 4 is 5.69 Å². The van der Waals surface area contributed by atoms with Gasteiger partial charge in [-0.3, -0.25) is 0 Å². The SMILES string of the molecule is CC(C)(C)c1ccc2c(c1)NC1CCCC(C)(C)C1O2. The fraction of sp³-hybridized carbons (Fsp3) is 0.667. The summed E-state index contributed by atoms with van der Waals surface area (Å²) in [6, 6.07) is 7.08. The molecule has 0 radical (unpaired) electrons. The highest BCUT2D eigenvalue weighted by Gasteiger charge is 2.43. The molecule has 1 aromatic rings. The van der Waals surface area contributed by atoms with E-state index in [9.17, 15) is 0 Å². The number of fused-ring (bicyclic) bond motifs is 2. The summed E-state index contributed by atoms with van der Waals surface area (Å²) in [7, 11) is 0. The van der Waals surface area contributed by atoms with E-state index < -0.39 is 0 Å². The van der Waals surface area contributed by atoms with Crippen molar-refractivity contribution in [3.05, 3.63) is 23.8 Å². The van der Waals surface area contributed by atoms with Crippen molar-refractivity contribution in [1.82, 2.24) is 0 Å². The Morgan fingerprint density at radius 2 is 2.00 bits per heavy atom. The third kappa shape index (κ3) is 2.30. The molecule has 2 unspecified atom stereocenters. The lowest BCUT2D eigenvalue weighted by Crippen LogP contribution is -2.52. The summed E-state index contributed by atoms with van der Waals surface area (Å²) in [5.41, 5.74) is 2.98. The van der Waals surface area contributed by atoms with Gasteiger partial charge < -0.3 is 10.1 Å². The molecule has 0 bridgehead atoms. The molecule has 0 aromatic heterocycles. The molecular formula is C18H27NO. The molecule has 0 spiro atoms. The van der Waals surface area contributed by atoms with Crippen LogP contribution in [-0.4, -0.2) is 12.1 Å². The zero-order valence-electron chi connectivity index (χ0n) is 13.4. The normalized spacial score (nSPS) is 27.9. The van der Waals surface area contributed by atoms with E-state index in [0.29, 0.717) is 12.1 Å². The fourth-order valence-electron chi connectivity index (χ4n) is 3.55. The third-order valence-electron chi connectivity index (χ3n) is 4.91. The van der Waals surface area contributed by atoms with Crippen LogP contribution in [0.4, 0.5) is 5.69 Å². The average Bonchev–Trinajstić information content (AvgIpc) is 2.35. The molecule has 2 atom stereocenters. The van der Waals surface area contributed by atoms with E-state index in [1.54, 1.807) is 0 Å². The number of rotatable bonds is 0. The molecule has 1 saturated carbocycles. The molecule has 2 nitrogen and oxygen atoms in total. The van der Waals surface area contributed by atoms with Crippen molar-refractivity contribution in [2.75, 3.05) is 5.32 Å². The Hall–Kier alpha value is -1.18. The van der Waals surface area contributed by atoms with Crippen molar-refractivity contribution < 1.29 is 4.74 Å². The van der Waals surface area contributed by atoms with Crippen molar-refractivity contribution in [2.24, 2.45) is 5.41 Å². The predicted molar refractivity (Wildman–Crippen MR) is 84.6 cm³/mol. The van der Waals surface area contributed by atoms with Gasteiger partial charge in [-0.1, -0.05) is 47.1 Å². The van der Waals surface area contributed by atoms with Gasteiger partial charge >= 0.3 is 0 Å². The van der Waals surface area contributed by atoms with E-state index in [4.69, 9.17) is 4.74 Å². The summed E-state index contributed by atoms with van der Waals surface area (Å²) in [5, 5.41) is 3.74. The molecule has 1 aromatic carbocycles. The lowest BCUT2D eigenvalue weighted by atomic mass is 9.72. The Kier molecular flexibility index (Phi) is 3.04. The molecule has 2 heteroatoms. The maximum Gasteiger partial charge on any atom is 0.142 e. The highest BCUT2D eigenvalue weighted by Crippen LogP contribution is 2.45. The topological polar surface area (TPSA) is 21.3 Å². The summed E-state index contributed by atoms with van der Waals surface area (Å²) in [4.78, 5) is 0. The van der Waals surface area contributed by atoms with Gasteiger partial charge in [0.2, 0.25) is 0 Å². The predicted octanol–water partition coefficient (Wildman–Crippen LogP) is 4.74. The van der Waals surface area contributed by atoms with Crippen LogP contribution in [0.1, 0.15) is 59.4 Å². The lowest BCUT2D eigenvalue weighted by molar-refractivity contribution is 0.0175. The second-order valence-corrected chi connectivity index (χ2v) is 8.13. The molecule has 0 amide bonds. The minimum atomic E-state index is 0.180. The lowest BCUT2D eigenvalue weighted by Gasteiger charge is -2.47. The first kappa shape index (κ1) is 13.8. The van der Waals surface area contributed by atoms with Gasteiger partial charge in [0.1, 0.15) is 11.9 Å². The summed E-state index contributed by atoms with van der Waals surface area (Å²) >= 11 is 0. The Bertz CT molecular complexity index is 513. The average molecular weight is 273 g/mol. The summed E-state index contributed by atoms with van der Waals surface area (Å²) in [6.45, 7) is 11.4. The van der Waals surface area contributed by atoms with E-state index in [1.807, 2.05) is 0 Å². The van der Waals surface area contributed by atoms with Crippen LogP contribution in [0, 0.1) is 5.41 Å². The van der Waals surface area contributed by atoms with E-state index in [1.165, 1.54) is 30.5 Å². The largest absolute Gasteiger partial charge is 0.486 e. The highest BCUT2D eigenvalue weighted by atomic mass is 16.5. The van der Waals surface area contributed by atoms with Crippen LogP contribution in [0.5, 0.6) is 5.75 Å². The van der Waals surface area contributed by atoms with Gasteiger partial charge in [0.05, 0.1) is 11.7 Å². The van der Waals surface area contributed by atoms with E-state index >= 15 is 0 Å². The second-order valence-electron chi connectivity index (χ2n) is 8.13. The molecule has 1 N–H and O–H groups in total. The third-order valence-corrected chi connectivity index (χ3v) is 4.91. The first-order valence-corrected chi connectivity index (χ1v) is 7.85. The van der Waals surface area contributed by atoms with Crippen LogP contribution in [0.15, 0.2) is 18.2 Å². The van der Waals surface area contributed by atoms with Gasteiger partial charge in [-0.05, 0) is 36.0 Å². The molecule has 1 aliphatic heterocycles. The number of hydrogen-bond acceptors (Lipinski definition) is 2. The van der Waals surface area contributed by atoms with Gasteiger partial charge in [0.15, 0.2) is 0 Å². The Morgan fingerprint density at radius 3 is 2.70 bits per heavy atom. The summed E-state index contributed by atoms with van der Waals surface area (Å²) in [5.74, 6) is 1.02. The number of anilines is 1. The molecule has 20 heavy (non-hydrogen) atoms. The summed E-state index contributed by atoms with van der Waals surface area (Å²) < 4.78 is 6.36. The van der Waals surface area contributed by atoms with Gasteiger partial charge in [-0.2, -0.15) is 0 Å². The fourth-order valence-corrected chi connectivity index (χ4v) is 3.55. The Labute approximate surface area is 122 Å². The highest BCUT2D eigenvalue weighted by molar-refractivity contribution is 5.61. The molecule has 3 rings (SSSR count). The molecule has 110 valence electrons. The van der Waals surface area contributed by atoms with E-state index in [0.717, 1.165) is 5.75 Å². The second kappa shape index (κ2) is 4.41. The van der Waals surface area contributed by atoms with Crippen molar-refractivity contribution in [3.8, 4) is 5.75 Å². The van der Waals surface area contributed by atoms with Gasteiger partial charge in [0.25, 0.3) is 0 Å². The minimum Gasteiger partial charge on any atom is -0.486 e. The quantitative estimate of drug-likeness (QED) is 0.737. The van der Waals surface area contributed by atoms with Crippen molar-refractivity contribution in [1.29, 1.82) is 0 Å². The Balaban J connectivity index is 1.94. The van der Waals surface area contributed by atoms with E-state index in [-0.39, 0.29) is 10.8 Å². The van der Waals surface area contributed by atoms with Gasteiger partial charge in [-0.25, -0.2) is 0 Å². The molecule has 1 aliphatic carbocycles. The molecule has 1 fully saturated rings. The maximum absolute atomic E-state index is 6.36. The molecule has 0 saturated heterocycles. The van der Waals surface area contributed by atoms with Crippen LogP contribution in [0.2, 0.25) is 0 Å². The zero-order valence-corrected chi connectivity index (χ0v) is 13.4. The van der Waals surface area contributed by atoms with Crippen LogP contribution in [0.25, 0.3) is 0 Å².